The third-order valence-corrected chi connectivity index (χ3v) is 5.96. The van der Waals surface area contributed by atoms with E-state index in [4.69, 9.17) is 16.7 Å². The van der Waals surface area contributed by atoms with E-state index in [-0.39, 0.29) is 0 Å². The van der Waals surface area contributed by atoms with Crippen molar-refractivity contribution in [2.45, 2.75) is 58.0 Å². The van der Waals surface area contributed by atoms with E-state index in [2.05, 4.69) is 26.4 Å². The lowest BCUT2D eigenvalue weighted by molar-refractivity contribution is 0.464. The Morgan fingerprint density at radius 2 is 1.96 bits per heavy atom. The molecule has 0 amide bonds. The number of hydrogen-bond donors (Lipinski definition) is 0. The highest BCUT2D eigenvalue weighted by Crippen LogP contribution is 2.39. The fraction of sp³-hybridized carbons (Fsp3) is 0.450. The second-order valence-electron chi connectivity index (χ2n) is 7.27. The van der Waals surface area contributed by atoms with Gasteiger partial charge in [0.2, 0.25) is 0 Å². The van der Waals surface area contributed by atoms with Crippen LogP contribution in [0.1, 0.15) is 49.9 Å². The van der Waals surface area contributed by atoms with E-state index < -0.39 is 0 Å². The maximum absolute atomic E-state index is 6.19. The highest BCUT2D eigenvalue weighted by atomic mass is 35.5. The number of aromatic nitrogens is 5. The Morgan fingerprint density at radius 3 is 2.73 bits per heavy atom. The number of benzene rings is 1. The Kier molecular flexibility index (Phi) is 3.85. The average molecular weight is 368 g/mol. The number of aryl methyl sites for hydroxylation is 1. The summed E-state index contributed by atoms with van der Waals surface area (Å²) in [5.41, 5.74) is 4.81. The lowest BCUT2D eigenvalue weighted by atomic mass is 10.0. The fourth-order valence-electron chi connectivity index (χ4n) is 4.47. The second kappa shape index (κ2) is 6.23. The molecule has 0 bridgehead atoms. The van der Waals surface area contributed by atoms with Crippen molar-refractivity contribution in [1.29, 1.82) is 0 Å². The van der Waals surface area contributed by atoms with Crippen molar-refractivity contribution in [3.05, 3.63) is 40.5 Å². The Hall–Kier alpha value is -2.14. The third kappa shape index (κ3) is 2.41. The van der Waals surface area contributed by atoms with Crippen LogP contribution in [0.15, 0.2) is 24.3 Å². The summed E-state index contributed by atoms with van der Waals surface area (Å²) in [5, 5.41) is 14.8. The summed E-state index contributed by atoms with van der Waals surface area (Å²) in [7, 11) is 0. The summed E-state index contributed by atoms with van der Waals surface area (Å²) in [6, 6.07) is 8.36. The van der Waals surface area contributed by atoms with Crippen LogP contribution in [-0.2, 0) is 19.4 Å². The minimum absolute atomic E-state index is 0.502. The molecule has 3 aromatic rings. The Balaban J connectivity index is 1.67. The van der Waals surface area contributed by atoms with Crippen LogP contribution in [0.5, 0.6) is 0 Å². The number of fused-ring (bicyclic) bond motifs is 3. The van der Waals surface area contributed by atoms with Gasteiger partial charge in [-0.3, -0.25) is 4.68 Å². The number of halogens is 1. The molecule has 5 rings (SSSR count). The Morgan fingerprint density at radius 1 is 1.15 bits per heavy atom. The standard InChI is InChI=1S/C20H22ClN5/c1-2-17-16-10-11-25-19(13-6-5-7-14(21)12-13)22-23-20(25)18(16)26(24-17)15-8-3-4-9-15/h5-7,12,15H,2-4,8-11H2,1H3. The van der Waals surface area contributed by atoms with Gasteiger partial charge < -0.3 is 4.57 Å². The number of rotatable bonds is 3. The molecule has 5 nitrogen and oxygen atoms in total. The molecule has 1 aromatic carbocycles. The van der Waals surface area contributed by atoms with Crippen LogP contribution in [0, 0.1) is 0 Å². The van der Waals surface area contributed by atoms with Crippen molar-refractivity contribution in [1.82, 2.24) is 24.5 Å². The molecule has 1 aliphatic heterocycles. The highest BCUT2D eigenvalue weighted by Gasteiger charge is 2.32. The van der Waals surface area contributed by atoms with E-state index in [1.54, 1.807) is 0 Å². The first-order valence-corrected chi connectivity index (χ1v) is 9.94. The molecule has 3 heterocycles. The molecule has 1 saturated carbocycles. The Labute approximate surface area is 158 Å². The van der Waals surface area contributed by atoms with Gasteiger partial charge in [-0.25, -0.2) is 0 Å². The zero-order valence-corrected chi connectivity index (χ0v) is 15.7. The molecule has 6 heteroatoms. The molecule has 2 aliphatic rings. The highest BCUT2D eigenvalue weighted by molar-refractivity contribution is 6.30. The van der Waals surface area contributed by atoms with E-state index in [1.807, 2.05) is 24.3 Å². The van der Waals surface area contributed by atoms with Crippen LogP contribution in [0.3, 0.4) is 0 Å². The van der Waals surface area contributed by atoms with Crippen LogP contribution < -0.4 is 0 Å². The van der Waals surface area contributed by atoms with Gasteiger partial charge in [0, 0.05) is 22.7 Å². The average Bonchev–Trinajstić information content (AvgIpc) is 3.38. The summed E-state index contributed by atoms with van der Waals surface area (Å²) in [6.45, 7) is 3.08. The molecular formula is C20H22ClN5. The predicted octanol–water partition coefficient (Wildman–Crippen LogP) is 4.70. The SMILES string of the molecule is CCc1nn(C2CCCC2)c2c1CCn1c(-c3cccc(Cl)c3)nnc1-2. The fourth-order valence-corrected chi connectivity index (χ4v) is 4.66. The molecule has 0 saturated heterocycles. The molecule has 1 fully saturated rings. The molecular weight excluding hydrogens is 346 g/mol. The quantitative estimate of drug-likeness (QED) is 0.674. The maximum Gasteiger partial charge on any atom is 0.182 e. The van der Waals surface area contributed by atoms with Gasteiger partial charge in [-0.2, -0.15) is 5.10 Å². The van der Waals surface area contributed by atoms with E-state index in [1.165, 1.54) is 42.6 Å². The minimum atomic E-state index is 0.502. The molecule has 26 heavy (non-hydrogen) atoms. The molecule has 134 valence electrons. The molecule has 1 aliphatic carbocycles. The van der Waals surface area contributed by atoms with Crippen molar-refractivity contribution in [3.63, 3.8) is 0 Å². The maximum atomic E-state index is 6.19. The van der Waals surface area contributed by atoms with Gasteiger partial charge in [-0.15, -0.1) is 10.2 Å². The summed E-state index contributed by atoms with van der Waals surface area (Å²) in [6.07, 6.45) is 6.97. The smallest absolute Gasteiger partial charge is 0.182 e. The van der Waals surface area contributed by atoms with Crippen LogP contribution in [0.2, 0.25) is 5.02 Å². The third-order valence-electron chi connectivity index (χ3n) is 5.73. The number of hydrogen-bond acceptors (Lipinski definition) is 3. The zero-order chi connectivity index (χ0) is 17.7. The minimum Gasteiger partial charge on any atom is -0.305 e. The van der Waals surface area contributed by atoms with Gasteiger partial charge in [-0.05, 0) is 37.8 Å². The lowest BCUT2D eigenvalue weighted by Crippen LogP contribution is -2.16. The predicted molar refractivity (Wildman–Crippen MR) is 102 cm³/mol. The summed E-state index contributed by atoms with van der Waals surface area (Å²) >= 11 is 6.19. The van der Waals surface area contributed by atoms with E-state index >= 15 is 0 Å². The largest absolute Gasteiger partial charge is 0.305 e. The van der Waals surface area contributed by atoms with Crippen LogP contribution in [-0.4, -0.2) is 24.5 Å². The topological polar surface area (TPSA) is 48.5 Å². The van der Waals surface area contributed by atoms with Gasteiger partial charge in [-0.1, -0.05) is 43.5 Å². The van der Waals surface area contributed by atoms with Crippen molar-refractivity contribution in [2.75, 3.05) is 0 Å². The molecule has 2 aromatic heterocycles. The van der Waals surface area contributed by atoms with Crippen molar-refractivity contribution in [2.24, 2.45) is 0 Å². The van der Waals surface area contributed by atoms with Crippen LogP contribution >= 0.6 is 11.6 Å². The molecule has 0 N–H and O–H groups in total. The summed E-state index contributed by atoms with van der Waals surface area (Å²) in [4.78, 5) is 0. The normalized spacial score (nSPS) is 16.7. The monoisotopic (exact) mass is 367 g/mol. The van der Waals surface area contributed by atoms with Crippen LogP contribution in [0.4, 0.5) is 0 Å². The molecule has 0 unspecified atom stereocenters. The summed E-state index contributed by atoms with van der Waals surface area (Å²) < 4.78 is 4.50. The molecule has 0 radical (unpaired) electrons. The molecule has 0 atom stereocenters. The van der Waals surface area contributed by atoms with Crippen molar-refractivity contribution >= 4 is 11.6 Å². The van der Waals surface area contributed by atoms with Gasteiger partial charge in [0.25, 0.3) is 0 Å². The van der Waals surface area contributed by atoms with Gasteiger partial charge in [0.15, 0.2) is 11.6 Å². The van der Waals surface area contributed by atoms with E-state index in [0.29, 0.717) is 6.04 Å². The summed E-state index contributed by atoms with van der Waals surface area (Å²) in [5.74, 6) is 1.85. The van der Waals surface area contributed by atoms with Crippen LogP contribution in [0.25, 0.3) is 22.9 Å². The first-order valence-electron chi connectivity index (χ1n) is 9.56. The van der Waals surface area contributed by atoms with E-state index in [0.717, 1.165) is 41.6 Å². The Bertz CT molecular complexity index is 965. The molecule has 0 spiro atoms. The second-order valence-corrected chi connectivity index (χ2v) is 7.71. The van der Waals surface area contributed by atoms with Crippen molar-refractivity contribution in [3.8, 4) is 22.9 Å². The van der Waals surface area contributed by atoms with Gasteiger partial charge in [0.05, 0.1) is 11.7 Å². The zero-order valence-electron chi connectivity index (χ0n) is 15.0. The number of nitrogens with zero attached hydrogens (tertiary/aromatic N) is 5. The van der Waals surface area contributed by atoms with Gasteiger partial charge in [0.1, 0.15) is 5.69 Å². The first kappa shape index (κ1) is 16.1. The van der Waals surface area contributed by atoms with E-state index in [9.17, 15) is 0 Å². The lowest BCUT2D eigenvalue weighted by Gasteiger charge is -2.20. The first-order chi connectivity index (χ1) is 12.8. The van der Waals surface area contributed by atoms with Crippen molar-refractivity contribution < 1.29 is 0 Å². The van der Waals surface area contributed by atoms with Gasteiger partial charge >= 0.3 is 0 Å².